The second-order valence-electron chi connectivity index (χ2n) is 5.53. The minimum absolute atomic E-state index is 0.327. The van der Waals surface area contributed by atoms with Crippen LogP contribution >= 0.6 is 0 Å². The first-order valence-corrected chi connectivity index (χ1v) is 7.07. The number of rotatable bonds is 9. The number of nitrogens with zero attached hydrogens (tertiary/aromatic N) is 1. The number of hydrogen-bond donors (Lipinski definition) is 1. The summed E-state index contributed by atoms with van der Waals surface area (Å²) in [4.78, 5) is 12.9. The van der Waals surface area contributed by atoms with Gasteiger partial charge in [0.05, 0.1) is 12.2 Å². The zero-order valence-corrected chi connectivity index (χ0v) is 12.6. The smallest absolute Gasteiger partial charge is 0.335 e. The highest BCUT2D eigenvalue weighted by molar-refractivity contribution is 5.87. The fourth-order valence-corrected chi connectivity index (χ4v) is 1.78. The number of likely N-dealkylation sites (N-methyl/N-ethyl adjacent to an activating group) is 1. The highest BCUT2D eigenvalue weighted by Gasteiger charge is 2.04. The maximum atomic E-state index is 10.8. The number of aromatic carboxylic acids is 1. The fraction of sp³-hybridized carbons (Fsp3) is 0.562. The van der Waals surface area contributed by atoms with Crippen LogP contribution in [-0.4, -0.2) is 42.8 Å². The van der Waals surface area contributed by atoms with Crippen LogP contribution in [0.3, 0.4) is 0 Å². The molecule has 4 heteroatoms. The molecule has 1 aromatic carbocycles. The summed E-state index contributed by atoms with van der Waals surface area (Å²) in [5, 5.41) is 8.84. The third-order valence-electron chi connectivity index (χ3n) is 3.11. The minimum atomic E-state index is -0.886. The lowest BCUT2D eigenvalue weighted by Crippen LogP contribution is -2.23. The van der Waals surface area contributed by atoms with Gasteiger partial charge < -0.3 is 9.84 Å². The molecule has 0 atom stereocenters. The van der Waals surface area contributed by atoms with E-state index in [1.54, 1.807) is 12.1 Å². The highest BCUT2D eigenvalue weighted by atomic mass is 16.5. The van der Waals surface area contributed by atoms with Gasteiger partial charge in [0.15, 0.2) is 0 Å². The van der Waals surface area contributed by atoms with Gasteiger partial charge in [0, 0.05) is 19.7 Å². The average Bonchev–Trinajstić information content (AvgIpc) is 2.38. The van der Waals surface area contributed by atoms with E-state index in [1.165, 1.54) is 0 Å². The molecule has 0 heterocycles. The van der Waals surface area contributed by atoms with Gasteiger partial charge in [-0.1, -0.05) is 26.0 Å². The van der Waals surface area contributed by atoms with Crippen molar-refractivity contribution in [3.05, 3.63) is 35.4 Å². The minimum Gasteiger partial charge on any atom is -0.478 e. The van der Waals surface area contributed by atoms with E-state index < -0.39 is 5.97 Å². The summed E-state index contributed by atoms with van der Waals surface area (Å²) >= 11 is 0. The third kappa shape index (κ3) is 6.68. The monoisotopic (exact) mass is 279 g/mol. The number of ether oxygens (including phenoxy) is 1. The van der Waals surface area contributed by atoms with Crippen LogP contribution in [0.4, 0.5) is 0 Å². The Kier molecular flexibility index (Phi) is 7.26. The topological polar surface area (TPSA) is 49.8 Å². The van der Waals surface area contributed by atoms with Gasteiger partial charge in [-0.3, -0.25) is 4.90 Å². The molecule has 1 aromatic rings. The van der Waals surface area contributed by atoms with E-state index in [4.69, 9.17) is 9.84 Å². The Morgan fingerprint density at radius 1 is 1.25 bits per heavy atom. The highest BCUT2D eigenvalue weighted by Crippen LogP contribution is 2.07. The number of carbonyl (C=O) groups is 1. The van der Waals surface area contributed by atoms with Crippen LogP contribution in [0, 0.1) is 5.92 Å². The Bertz CT molecular complexity index is 401. The molecule has 0 unspecified atom stereocenters. The van der Waals surface area contributed by atoms with Crippen LogP contribution in [-0.2, 0) is 11.3 Å². The molecule has 0 fully saturated rings. The summed E-state index contributed by atoms with van der Waals surface area (Å²) in [6.45, 7) is 7.61. The molecule has 0 saturated carbocycles. The lowest BCUT2D eigenvalue weighted by Gasteiger charge is -2.17. The van der Waals surface area contributed by atoms with E-state index in [0.717, 1.165) is 38.3 Å². The van der Waals surface area contributed by atoms with Crippen molar-refractivity contribution >= 4 is 5.97 Å². The van der Waals surface area contributed by atoms with Crippen molar-refractivity contribution in [3.8, 4) is 0 Å². The standard InChI is InChI=1S/C16H25NO3/c1-13(2)8-10-20-11-9-17(3)12-14-4-6-15(7-5-14)16(18)19/h4-7,13H,8-12H2,1-3H3,(H,18,19). The summed E-state index contributed by atoms with van der Waals surface area (Å²) in [7, 11) is 2.04. The number of carboxylic acids is 1. The summed E-state index contributed by atoms with van der Waals surface area (Å²) < 4.78 is 5.58. The molecule has 0 radical (unpaired) electrons. The van der Waals surface area contributed by atoms with Gasteiger partial charge in [0.1, 0.15) is 0 Å². The molecule has 112 valence electrons. The number of benzene rings is 1. The molecule has 0 saturated heterocycles. The van der Waals surface area contributed by atoms with Crippen molar-refractivity contribution in [1.82, 2.24) is 4.90 Å². The Labute approximate surface area is 121 Å². The molecule has 0 spiro atoms. The van der Waals surface area contributed by atoms with Crippen molar-refractivity contribution < 1.29 is 14.6 Å². The van der Waals surface area contributed by atoms with Crippen molar-refractivity contribution in [1.29, 1.82) is 0 Å². The van der Waals surface area contributed by atoms with Gasteiger partial charge in [-0.2, -0.15) is 0 Å². The maximum absolute atomic E-state index is 10.8. The van der Waals surface area contributed by atoms with Gasteiger partial charge in [-0.15, -0.1) is 0 Å². The van der Waals surface area contributed by atoms with Crippen molar-refractivity contribution in [2.75, 3.05) is 26.8 Å². The molecule has 20 heavy (non-hydrogen) atoms. The fourth-order valence-electron chi connectivity index (χ4n) is 1.78. The van der Waals surface area contributed by atoms with Gasteiger partial charge in [0.25, 0.3) is 0 Å². The molecule has 0 aliphatic heterocycles. The normalized spacial score (nSPS) is 11.2. The SMILES string of the molecule is CC(C)CCOCCN(C)Cc1ccc(C(=O)O)cc1. The zero-order valence-electron chi connectivity index (χ0n) is 12.6. The lowest BCUT2D eigenvalue weighted by atomic mass is 10.1. The molecule has 0 bridgehead atoms. The first-order chi connectivity index (χ1) is 9.49. The molecule has 0 aromatic heterocycles. The quantitative estimate of drug-likeness (QED) is 0.706. The van der Waals surface area contributed by atoms with E-state index in [0.29, 0.717) is 11.5 Å². The number of carboxylic acid groups (broad SMARTS) is 1. The molecule has 0 amide bonds. The molecule has 0 aliphatic carbocycles. The molecule has 4 nitrogen and oxygen atoms in total. The van der Waals surface area contributed by atoms with Crippen LogP contribution in [0.2, 0.25) is 0 Å². The molecule has 1 N–H and O–H groups in total. The number of hydrogen-bond acceptors (Lipinski definition) is 3. The van der Waals surface area contributed by atoms with Crippen LogP contribution < -0.4 is 0 Å². The first-order valence-electron chi connectivity index (χ1n) is 7.07. The van der Waals surface area contributed by atoms with E-state index in [-0.39, 0.29) is 0 Å². The van der Waals surface area contributed by atoms with Crippen molar-refractivity contribution in [2.24, 2.45) is 5.92 Å². The van der Waals surface area contributed by atoms with Crippen LogP contribution in [0.5, 0.6) is 0 Å². The molecule has 1 rings (SSSR count). The predicted octanol–water partition coefficient (Wildman–Crippen LogP) is 2.88. The van der Waals surface area contributed by atoms with Gasteiger partial charge in [0.2, 0.25) is 0 Å². The summed E-state index contributed by atoms with van der Waals surface area (Å²) in [5.74, 6) is -0.205. The third-order valence-corrected chi connectivity index (χ3v) is 3.11. The van der Waals surface area contributed by atoms with Crippen LogP contribution in [0.15, 0.2) is 24.3 Å². The lowest BCUT2D eigenvalue weighted by molar-refractivity contribution is 0.0697. The molecular weight excluding hydrogens is 254 g/mol. The first kappa shape index (κ1) is 16.7. The Morgan fingerprint density at radius 2 is 1.90 bits per heavy atom. The summed E-state index contributed by atoms with van der Waals surface area (Å²) in [6.07, 6.45) is 1.10. The largest absolute Gasteiger partial charge is 0.478 e. The van der Waals surface area contributed by atoms with Crippen LogP contribution in [0.25, 0.3) is 0 Å². The Morgan fingerprint density at radius 3 is 2.45 bits per heavy atom. The van der Waals surface area contributed by atoms with Crippen molar-refractivity contribution in [2.45, 2.75) is 26.8 Å². The Hall–Kier alpha value is -1.39. The predicted molar refractivity (Wildman–Crippen MR) is 80.0 cm³/mol. The average molecular weight is 279 g/mol. The second-order valence-corrected chi connectivity index (χ2v) is 5.53. The van der Waals surface area contributed by atoms with E-state index in [9.17, 15) is 4.79 Å². The summed E-state index contributed by atoms with van der Waals surface area (Å²) in [5.41, 5.74) is 1.44. The Balaban J connectivity index is 2.24. The van der Waals surface area contributed by atoms with E-state index >= 15 is 0 Å². The van der Waals surface area contributed by atoms with Crippen LogP contribution in [0.1, 0.15) is 36.2 Å². The maximum Gasteiger partial charge on any atom is 0.335 e. The van der Waals surface area contributed by atoms with Crippen molar-refractivity contribution in [3.63, 3.8) is 0 Å². The molecule has 0 aliphatic rings. The van der Waals surface area contributed by atoms with Gasteiger partial charge >= 0.3 is 5.97 Å². The van der Waals surface area contributed by atoms with E-state index in [2.05, 4.69) is 18.7 Å². The van der Waals surface area contributed by atoms with Gasteiger partial charge in [-0.25, -0.2) is 4.79 Å². The zero-order chi connectivity index (χ0) is 15.0. The second kappa shape index (κ2) is 8.72. The summed E-state index contributed by atoms with van der Waals surface area (Å²) in [6, 6.07) is 7.01. The molecular formula is C16H25NO3. The van der Waals surface area contributed by atoms with E-state index in [1.807, 2.05) is 19.2 Å². The van der Waals surface area contributed by atoms with Gasteiger partial charge in [-0.05, 0) is 37.1 Å².